The third-order valence-electron chi connectivity index (χ3n) is 1.58. The Balaban J connectivity index is 2.91. The zero-order chi connectivity index (χ0) is 7.68. The molecule has 0 N–H and O–H groups in total. The maximum Gasteiger partial charge on any atom is 0.149 e. The Hall–Kier alpha value is -1.44. The Morgan fingerprint density at radius 2 is 1.91 bits per heavy atom. The summed E-state index contributed by atoms with van der Waals surface area (Å²) in [6, 6.07) is 8.56. The minimum atomic E-state index is -0.261. The van der Waals surface area contributed by atoms with E-state index < -0.39 is 0 Å². The van der Waals surface area contributed by atoms with Crippen LogP contribution in [0.4, 0.5) is 4.39 Å². The summed E-state index contributed by atoms with van der Waals surface area (Å²) >= 11 is 0. The first kappa shape index (κ1) is 6.28. The number of fused-ring (bicyclic) bond motifs is 1. The Bertz CT molecular complexity index is 379. The summed E-state index contributed by atoms with van der Waals surface area (Å²) in [4.78, 5) is 3.91. The third-order valence-corrected chi connectivity index (χ3v) is 1.58. The fourth-order valence-electron chi connectivity index (χ4n) is 1.07. The summed E-state index contributed by atoms with van der Waals surface area (Å²) in [7, 11) is 0. The van der Waals surface area contributed by atoms with Gasteiger partial charge in [0.1, 0.15) is 11.3 Å². The van der Waals surface area contributed by atoms with Crippen LogP contribution in [0.1, 0.15) is 0 Å². The highest BCUT2D eigenvalue weighted by Crippen LogP contribution is 2.13. The van der Waals surface area contributed by atoms with Gasteiger partial charge in [0.15, 0.2) is 0 Å². The van der Waals surface area contributed by atoms with Gasteiger partial charge >= 0.3 is 0 Å². The van der Waals surface area contributed by atoms with Crippen LogP contribution in [-0.2, 0) is 0 Å². The molecule has 0 atom stereocenters. The minimum absolute atomic E-state index is 0.261. The number of hydrogen-bond donors (Lipinski definition) is 0. The first-order valence-corrected chi connectivity index (χ1v) is 3.37. The normalized spacial score (nSPS) is 10.3. The smallest absolute Gasteiger partial charge is 0.149 e. The molecule has 0 saturated heterocycles. The van der Waals surface area contributed by atoms with Crippen molar-refractivity contribution in [3.05, 3.63) is 42.3 Å². The zero-order valence-corrected chi connectivity index (χ0v) is 5.79. The van der Waals surface area contributed by atoms with Gasteiger partial charge in [0.05, 0.1) is 0 Å². The number of benzene rings is 1. The molecule has 2 heteroatoms. The molecule has 1 nitrogen and oxygen atoms in total. The van der Waals surface area contributed by atoms with Crippen molar-refractivity contribution < 1.29 is 4.39 Å². The van der Waals surface area contributed by atoms with E-state index in [4.69, 9.17) is 0 Å². The van der Waals surface area contributed by atoms with Crippen LogP contribution in [0.25, 0.3) is 10.9 Å². The van der Waals surface area contributed by atoms with Gasteiger partial charge in [0, 0.05) is 11.6 Å². The summed E-state index contributed by atoms with van der Waals surface area (Å²) in [5, 5.41) is 0.840. The van der Waals surface area contributed by atoms with Crippen molar-refractivity contribution in [2.75, 3.05) is 0 Å². The van der Waals surface area contributed by atoms with Gasteiger partial charge in [-0.3, -0.25) is 4.98 Å². The van der Waals surface area contributed by atoms with E-state index in [0.717, 1.165) is 5.39 Å². The quantitative estimate of drug-likeness (QED) is 0.557. The predicted molar refractivity (Wildman–Crippen MR) is 41.7 cm³/mol. The maximum absolute atomic E-state index is 12.9. The summed E-state index contributed by atoms with van der Waals surface area (Å²) in [5.74, 6) is -0.261. The van der Waals surface area contributed by atoms with Gasteiger partial charge in [-0.05, 0) is 12.1 Å². The van der Waals surface area contributed by atoms with Crippen LogP contribution < -0.4 is 0 Å². The number of pyridine rings is 1. The molecular formula is C9H6FN. The van der Waals surface area contributed by atoms with Crippen LogP contribution >= 0.6 is 0 Å². The van der Waals surface area contributed by atoms with Crippen molar-refractivity contribution in [2.24, 2.45) is 0 Å². The van der Waals surface area contributed by atoms with Gasteiger partial charge in [-0.15, -0.1) is 0 Å². The van der Waals surface area contributed by atoms with Crippen molar-refractivity contribution in [3.8, 4) is 0 Å². The Kier molecular flexibility index (Phi) is 1.32. The highest BCUT2D eigenvalue weighted by molar-refractivity contribution is 5.78. The van der Waals surface area contributed by atoms with Gasteiger partial charge in [0.25, 0.3) is 0 Å². The highest BCUT2D eigenvalue weighted by Gasteiger charge is 1.97. The molecule has 0 fully saturated rings. The van der Waals surface area contributed by atoms with E-state index in [0.29, 0.717) is 5.52 Å². The molecule has 1 aromatic heterocycles. The van der Waals surface area contributed by atoms with E-state index in [9.17, 15) is 4.39 Å². The second kappa shape index (κ2) is 2.31. The molecule has 0 spiro atoms. The van der Waals surface area contributed by atoms with E-state index in [-0.39, 0.29) is 5.82 Å². The lowest BCUT2D eigenvalue weighted by Gasteiger charge is -1.94. The lowest BCUT2D eigenvalue weighted by molar-refractivity contribution is 0.637. The number of rotatable bonds is 0. The highest BCUT2D eigenvalue weighted by atomic mass is 19.1. The summed E-state index contributed by atoms with van der Waals surface area (Å²) in [6.45, 7) is 0. The Labute approximate surface area is 63.5 Å². The lowest BCUT2D eigenvalue weighted by atomic mass is 10.2. The zero-order valence-electron chi connectivity index (χ0n) is 5.79. The fraction of sp³-hybridized carbons (Fsp3) is 0. The molecule has 0 saturated carbocycles. The molecule has 54 valence electrons. The number of hydrogen-bond acceptors (Lipinski definition) is 1. The number of nitrogens with zero attached hydrogens (tertiary/aromatic N) is 1. The van der Waals surface area contributed by atoms with Crippen LogP contribution in [0.5, 0.6) is 0 Å². The second-order valence-electron chi connectivity index (χ2n) is 2.31. The number of halogens is 1. The number of para-hydroxylation sites is 1. The molecule has 0 radical (unpaired) electrons. The van der Waals surface area contributed by atoms with Crippen molar-refractivity contribution in [1.29, 1.82) is 0 Å². The largest absolute Gasteiger partial charge is 0.253 e. The Morgan fingerprint density at radius 1 is 1.09 bits per heavy atom. The van der Waals surface area contributed by atoms with Gasteiger partial charge in [0.2, 0.25) is 0 Å². The van der Waals surface area contributed by atoms with Crippen molar-refractivity contribution in [2.45, 2.75) is 0 Å². The summed E-state index contributed by atoms with van der Waals surface area (Å²) < 4.78 is 12.9. The SMILES string of the molecule is Fc1cccc2cccnc12. The average molecular weight is 147 g/mol. The van der Waals surface area contributed by atoms with E-state index in [1.807, 2.05) is 12.1 Å². The van der Waals surface area contributed by atoms with Gasteiger partial charge < -0.3 is 0 Å². The predicted octanol–water partition coefficient (Wildman–Crippen LogP) is 2.37. The molecule has 0 aliphatic rings. The van der Waals surface area contributed by atoms with Crippen molar-refractivity contribution in [3.63, 3.8) is 0 Å². The first-order valence-electron chi connectivity index (χ1n) is 3.37. The monoisotopic (exact) mass is 147 g/mol. The van der Waals surface area contributed by atoms with Gasteiger partial charge in [-0.2, -0.15) is 0 Å². The molecule has 2 aromatic rings. The molecule has 0 aliphatic heterocycles. The summed E-state index contributed by atoms with van der Waals surface area (Å²) in [6.07, 6.45) is 1.59. The topological polar surface area (TPSA) is 12.9 Å². The molecule has 11 heavy (non-hydrogen) atoms. The molecule has 0 unspecified atom stereocenters. The van der Waals surface area contributed by atoms with Crippen LogP contribution in [0, 0.1) is 5.82 Å². The van der Waals surface area contributed by atoms with E-state index in [1.54, 1.807) is 18.3 Å². The van der Waals surface area contributed by atoms with Crippen LogP contribution in [0.3, 0.4) is 0 Å². The number of aromatic nitrogens is 1. The van der Waals surface area contributed by atoms with Crippen LogP contribution in [0.2, 0.25) is 0 Å². The van der Waals surface area contributed by atoms with Gasteiger partial charge in [-0.1, -0.05) is 18.2 Å². The second-order valence-corrected chi connectivity index (χ2v) is 2.31. The third kappa shape index (κ3) is 0.963. The van der Waals surface area contributed by atoms with Crippen molar-refractivity contribution in [1.82, 2.24) is 4.98 Å². The molecule has 2 rings (SSSR count). The standard InChI is InChI=1S/C9H6FN/c10-8-5-1-3-7-4-2-6-11-9(7)8/h1-6H. The van der Waals surface area contributed by atoms with Crippen molar-refractivity contribution >= 4 is 10.9 Å². The van der Waals surface area contributed by atoms with E-state index in [1.165, 1.54) is 6.07 Å². The maximum atomic E-state index is 12.9. The van der Waals surface area contributed by atoms with Crippen LogP contribution in [-0.4, -0.2) is 4.98 Å². The minimum Gasteiger partial charge on any atom is -0.253 e. The average Bonchev–Trinajstić information content (AvgIpc) is 2.06. The fourth-order valence-corrected chi connectivity index (χ4v) is 1.07. The molecule has 1 aromatic carbocycles. The molecular weight excluding hydrogens is 141 g/mol. The van der Waals surface area contributed by atoms with Gasteiger partial charge in [-0.25, -0.2) is 4.39 Å². The van der Waals surface area contributed by atoms with E-state index >= 15 is 0 Å². The molecule has 0 bridgehead atoms. The first-order chi connectivity index (χ1) is 5.38. The molecule has 1 heterocycles. The summed E-state index contributed by atoms with van der Waals surface area (Å²) in [5.41, 5.74) is 0.440. The Morgan fingerprint density at radius 3 is 2.73 bits per heavy atom. The van der Waals surface area contributed by atoms with Crippen LogP contribution in [0.15, 0.2) is 36.5 Å². The molecule has 0 amide bonds. The molecule has 0 aliphatic carbocycles. The van der Waals surface area contributed by atoms with E-state index in [2.05, 4.69) is 4.98 Å². The lowest BCUT2D eigenvalue weighted by Crippen LogP contribution is -1.81.